The molecule has 52 heavy (non-hydrogen) atoms. The van der Waals surface area contributed by atoms with Gasteiger partial charge in [0.05, 0.1) is 16.8 Å². The highest BCUT2D eigenvalue weighted by Crippen LogP contribution is 2.33. The van der Waals surface area contributed by atoms with E-state index in [-0.39, 0.29) is 17.7 Å². The third kappa shape index (κ3) is 7.22. The molecule has 4 N–H and O–H groups in total. The lowest BCUT2D eigenvalue weighted by Gasteiger charge is -2.37. The van der Waals surface area contributed by atoms with Crippen molar-refractivity contribution < 1.29 is 14.7 Å². The summed E-state index contributed by atoms with van der Waals surface area (Å²) < 4.78 is 2.04. The minimum Gasteiger partial charge on any atom is -0.507 e. The Balaban J connectivity index is 1.14. The summed E-state index contributed by atoms with van der Waals surface area (Å²) >= 11 is 0. The van der Waals surface area contributed by atoms with Crippen LogP contribution in [0.3, 0.4) is 0 Å². The van der Waals surface area contributed by atoms with Crippen LogP contribution in [0.15, 0.2) is 97.2 Å². The monoisotopic (exact) mass is 694 g/mol. The van der Waals surface area contributed by atoms with Crippen molar-refractivity contribution >= 4 is 34.9 Å². The number of aromatic nitrogens is 4. The third-order valence-electron chi connectivity index (χ3n) is 9.94. The van der Waals surface area contributed by atoms with Gasteiger partial charge in [-0.1, -0.05) is 30.3 Å². The van der Waals surface area contributed by atoms with Gasteiger partial charge in [0.1, 0.15) is 17.1 Å². The van der Waals surface area contributed by atoms with Gasteiger partial charge >= 0.3 is 0 Å². The van der Waals surface area contributed by atoms with Crippen LogP contribution < -0.4 is 16.0 Å². The van der Waals surface area contributed by atoms with Gasteiger partial charge in [-0.25, -0.2) is 15.0 Å². The first kappa shape index (κ1) is 34.4. The van der Waals surface area contributed by atoms with Crippen molar-refractivity contribution in [2.24, 2.45) is 0 Å². The predicted molar refractivity (Wildman–Crippen MR) is 205 cm³/mol. The van der Waals surface area contributed by atoms with E-state index in [1.54, 1.807) is 25.3 Å². The minimum absolute atomic E-state index is 0.00406. The van der Waals surface area contributed by atoms with Gasteiger partial charge in [-0.15, -0.1) is 0 Å². The Morgan fingerprint density at radius 2 is 1.75 bits per heavy atom. The molecule has 11 heteroatoms. The molecule has 0 bridgehead atoms. The number of carbonyl (C=O) groups excluding carboxylic acids is 2. The molecule has 11 nitrogen and oxygen atoms in total. The number of imidazole rings is 1. The van der Waals surface area contributed by atoms with Gasteiger partial charge in [-0.3, -0.25) is 14.2 Å². The Hall–Kier alpha value is -6.07. The quantitative estimate of drug-likeness (QED) is 0.109. The van der Waals surface area contributed by atoms with Gasteiger partial charge in [0, 0.05) is 62.8 Å². The molecule has 3 aromatic carbocycles. The maximum Gasteiger partial charge on any atom is 0.219 e. The highest BCUT2D eigenvalue weighted by atomic mass is 16.3. The fourth-order valence-electron chi connectivity index (χ4n) is 6.85. The lowest BCUT2D eigenvalue weighted by atomic mass is 10.0. The van der Waals surface area contributed by atoms with E-state index in [4.69, 9.17) is 15.7 Å². The van der Waals surface area contributed by atoms with E-state index in [2.05, 4.69) is 63.7 Å². The Kier molecular flexibility index (Phi) is 9.94. The third-order valence-corrected chi connectivity index (χ3v) is 9.94. The fourth-order valence-corrected chi connectivity index (χ4v) is 6.85. The van der Waals surface area contributed by atoms with Crippen LogP contribution in [0.5, 0.6) is 5.75 Å². The first-order valence-electron chi connectivity index (χ1n) is 17.6. The second-order valence-electron chi connectivity index (χ2n) is 13.2. The number of nitrogens with two attached hydrogens (primary N) is 1. The largest absolute Gasteiger partial charge is 0.507 e. The first-order chi connectivity index (χ1) is 25.3. The van der Waals surface area contributed by atoms with Crippen molar-refractivity contribution in [1.29, 1.82) is 0 Å². The van der Waals surface area contributed by atoms with Crippen LogP contribution in [0.25, 0.3) is 39.5 Å². The molecule has 0 saturated carbocycles. The van der Waals surface area contributed by atoms with Gasteiger partial charge in [-0.2, -0.15) is 0 Å². The van der Waals surface area contributed by atoms with Crippen LogP contribution in [0.2, 0.25) is 0 Å². The van der Waals surface area contributed by atoms with Gasteiger partial charge < -0.3 is 26.0 Å². The van der Waals surface area contributed by atoms with Crippen molar-refractivity contribution in [1.82, 2.24) is 29.7 Å². The molecule has 7 rings (SSSR count). The number of piperidine rings is 1. The molecule has 0 atom stereocenters. The number of pyridine rings is 2. The SMILES string of the molecule is CC(=O)N(C)C1CCN(c2cccc(-c3ccc4nc(-c5cccnc5N)n(-c5ccc(CNCCc6ccc(C=O)c(O)c6)cc5)c4n3)c2)CC1. The molecule has 1 saturated heterocycles. The van der Waals surface area contributed by atoms with Crippen LogP contribution in [0.1, 0.15) is 41.3 Å². The van der Waals surface area contributed by atoms with Crippen molar-refractivity contribution in [3.8, 4) is 34.1 Å². The zero-order valence-corrected chi connectivity index (χ0v) is 29.4. The van der Waals surface area contributed by atoms with E-state index in [9.17, 15) is 14.7 Å². The smallest absolute Gasteiger partial charge is 0.219 e. The highest BCUT2D eigenvalue weighted by molar-refractivity contribution is 5.85. The van der Waals surface area contributed by atoms with Crippen molar-refractivity contribution in [2.75, 3.05) is 37.3 Å². The minimum atomic E-state index is 0.00406. The maximum absolute atomic E-state index is 11.9. The number of nitrogens with one attached hydrogen (secondary N) is 1. The van der Waals surface area contributed by atoms with Gasteiger partial charge in [-0.05, 0) is 97.6 Å². The van der Waals surface area contributed by atoms with Crippen molar-refractivity contribution in [3.63, 3.8) is 0 Å². The zero-order valence-electron chi connectivity index (χ0n) is 29.4. The summed E-state index contributed by atoms with van der Waals surface area (Å²) in [6.45, 7) is 4.77. The molecular weight excluding hydrogens is 653 g/mol. The number of aromatic hydroxyl groups is 1. The molecule has 0 unspecified atom stereocenters. The summed E-state index contributed by atoms with van der Waals surface area (Å²) in [5.74, 6) is 1.16. The van der Waals surface area contributed by atoms with Crippen LogP contribution in [0, 0.1) is 0 Å². The number of fused-ring (bicyclic) bond motifs is 1. The van der Waals surface area contributed by atoms with E-state index in [1.807, 2.05) is 46.8 Å². The van der Waals surface area contributed by atoms with E-state index in [0.717, 1.165) is 77.2 Å². The summed E-state index contributed by atoms with van der Waals surface area (Å²) in [6.07, 6.45) is 4.91. The number of phenols is 1. The number of anilines is 2. The number of aldehydes is 1. The van der Waals surface area contributed by atoms with Gasteiger partial charge in [0.25, 0.3) is 0 Å². The number of hydrogen-bond donors (Lipinski definition) is 3. The van der Waals surface area contributed by atoms with E-state index < -0.39 is 0 Å². The van der Waals surface area contributed by atoms with Crippen LogP contribution in [-0.2, 0) is 17.8 Å². The molecule has 6 aromatic rings. The topological polar surface area (TPSA) is 142 Å². The van der Waals surface area contributed by atoms with Crippen molar-refractivity contribution in [3.05, 3.63) is 114 Å². The second kappa shape index (κ2) is 15.0. The number of amides is 1. The molecule has 1 aliphatic rings. The van der Waals surface area contributed by atoms with E-state index in [1.165, 1.54) is 0 Å². The molecule has 0 radical (unpaired) electrons. The lowest BCUT2D eigenvalue weighted by molar-refractivity contribution is -0.129. The number of nitrogens with zero attached hydrogens (tertiary/aromatic N) is 6. The summed E-state index contributed by atoms with van der Waals surface area (Å²) in [5, 5.41) is 13.5. The summed E-state index contributed by atoms with van der Waals surface area (Å²) in [6, 6.07) is 30.0. The molecule has 264 valence electrons. The Labute approximate surface area is 302 Å². The zero-order chi connectivity index (χ0) is 36.2. The normalized spacial score (nSPS) is 13.4. The first-order valence-corrected chi connectivity index (χ1v) is 17.6. The highest BCUT2D eigenvalue weighted by Gasteiger charge is 2.24. The molecule has 4 heterocycles. The number of benzene rings is 3. The molecule has 1 amide bonds. The number of carbonyl (C=O) groups is 2. The number of phenolic OH excluding ortho intramolecular Hbond substituents is 1. The molecule has 3 aromatic heterocycles. The van der Waals surface area contributed by atoms with Crippen LogP contribution in [0.4, 0.5) is 11.5 Å². The molecule has 0 aliphatic carbocycles. The fraction of sp³-hybridized carbons (Fsp3) is 0.244. The average Bonchev–Trinajstić information content (AvgIpc) is 3.55. The van der Waals surface area contributed by atoms with Gasteiger partial charge in [0.2, 0.25) is 5.91 Å². The molecule has 1 aliphatic heterocycles. The summed E-state index contributed by atoms with van der Waals surface area (Å²) in [7, 11) is 1.89. The second-order valence-corrected chi connectivity index (χ2v) is 13.2. The van der Waals surface area contributed by atoms with Crippen LogP contribution in [-0.4, -0.2) is 74.4 Å². The Bertz CT molecular complexity index is 2220. The van der Waals surface area contributed by atoms with Crippen LogP contribution >= 0.6 is 0 Å². The Morgan fingerprint density at radius 1 is 0.962 bits per heavy atom. The van der Waals surface area contributed by atoms with E-state index in [0.29, 0.717) is 42.2 Å². The van der Waals surface area contributed by atoms with E-state index >= 15 is 0 Å². The summed E-state index contributed by atoms with van der Waals surface area (Å²) in [4.78, 5) is 41.7. The number of nitrogen functional groups attached to an aromatic ring is 1. The molecular formula is C41H42N8O3. The Morgan fingerprint density at radius 3 is 2.48 bits per heavy atom. The standard InChI is InChI=1S/C41H42N8O3/c1-27(51)47(2)32-17-21-48(22-18-32)34-6-3-5-30(24-34)36-14-15-37-41(45-36)49(40(46-37)35-7-4-19-44-39(35)42)33-12-9-29(10-13-33)25-43-20-16-28-8-11-31(26-50)38(52)23-28/h3-15,19,23-24,26,32,43,52H,16-18,20-22,25H2,1-2H3,(H2,42,44). The van der Waals surface area contributed by atoms with Gasteiger partial charge in [0.15, 0.2) is 17.8 Å². The lowest BCUT2D eigenvalue weighted by Crippen LogP contribution is -2.45. The average molecular weight is 695 g/mol. The predicted octanol–water partition coefficient (Wildman–Crippen LogP) is 6.03. The number of hydrogen-bond acceptors (Lipinski definition) is 9. The molecule has 0 spiro atoms. The molecule has 1 fully saturated rings. The summed E-state index contributed by atoms with van der Waals surface area (Å²) in [5.41, 5.74) is 14.8. The number of rotatable bonds is 11. The van der Waals surface area contributed by atoms with Crippen molar-refractivity contribution in [2.45, 2.75) is 38.8 Å². The maximum atomic E-state index is 11.9.